The van der Waals surface area contributed by atoms with Gasteiger partial charge >= 0.3 is 0 Å². The van der Waals surface area contributed by atoms with E-state index in [0.717, 1.165) is 11.4 Å². The molecule has 2 heteroatoms. The van der Waals surface area contributed by atoms with Crippen LogP contribution in [0.2, 0.25) is 0 Å². The number of hydrogen-bond acceptors (Lipinski definition) is 2. The Bertz CT molecular complexity index is 879. The van der Waals surface area contributed by atoms with Crippen LogP contribution >= 0.6 is 0 Å². The van der Waals surface area contributed by atoms with Crippen molar-refractivity contribution >= 4 is 17.1 Å². The van der Waals surface area contributed by atoms with Crippen molar-refractivity contribution in [2.24, 2.45) is 0 Å². The molecule has 23 heavy (non-hydrogen) atoms. The number of fused-ring (bicyclic) bond motifs is 3. The Balaban J connectivity index is 1.79. The van der Waals surface area contributed by atoms with Gasteiger partial charge in [0, 0.05) is 28.7 Å². The third-order valence-electron chi connectivity index (χ3n) is 4.20. The molecule has 0 bridgehead atoms. The zero-order valence-corrected chi connectivity index (χ0v) is 13.0. The summed E-state index contributed by atoms with van der Waals surface area (Å²) in [6, 6.07) is 25.2. The minimum atomic E-state index is 1.08. The van der Waals surface area contributed by atoms with Crippen molar-refractivity contribution in [3.8, 4) is 11.1 Å². The first-order chi connectivity index (χ1) is 11.3. The lowest BCUT2D eigenvalue weighted by Gasteiger charge is -2.25. The molecule has 0 aliphatic carbocycles. The van der Waals surface area contributed by atoms with Crippen molar-refractivity contribution < 1.29 is 0 Å². The second-order valence-electron chi connectivity index (χ2n) is 5.74. The van der Waals surface area contributed by atoms with Gasteiger partial charge in [0.15, 0.2) is 0 Å². The monoisotopic (exact) mass is 298 g/mol. The summed E-state index contributed by atoms with van der Waals surface area (Å²) in [7, 11) is 0. The summed E-state index contributed by atoms with van der Waals surface area (Å²) in [5.41, 5.74) is 8.36. The summed E-state index contributed by atoms with van der Waals surface area (Å²) in [4.78, 5) is 0. The van der Waals surface area contributed by atoms with Gasteiger partial charge in [-0.15, -0.1) is 0 Å². The maximum atomic E-state index is 3.59. The number of anilines is 2. The van der Waals surface area contributed by atoms with Gasteiger partial charge in [-0.25, -0.2) is 0 Å². The fourth-order valence-electron chi connectivity index (χ4n) is 3.02. The van der Waals surface area contributed by atoms with E-state index >= 15 is 0 Å². The molecule has 0 atom stereocenters. The molecule has 0 amide bonds. The van der Waals surface area contributed by atoms with Crippen molar-refractivity contribution in [1.29, 1.82) is 0 Å². The largest absolute Gasteiger partial charge is 0.360 e. The van der Waals surface area contributed by atoms with Gasteiger partial charge in [-0.2, -0.15) is 0 Å². The molecule has 0 spiro atoms. The van der Waals surface area contributed by atoms with Crippen LogP contribution in [-0.2, 0) is 0 Å². The SMILES string of the molecule is Cc1cccc2c1N/C(=C\Nc1ccccc1)c1ccccc1-2. The fourth-order valence-corrected chi connectivity index (χ4v) is 3.02. The topological polar surface area (TPSA) is 24.1 Å². The lowest BCUT2D eigenvalue weighted by Crippen LogP contribution is -2.10. The van der Waals surface area contributed by atoms with Crippen LogP contribution < -0.4 is 10.6 Å². The third kappa shape index (κ3) is 2.49. The Morgan fingerprint density at radius 2 is 1.43 bits per heavy atom. The second kappa shape index (κ2) is 5.65. The molecule has 4 rings (SSSR count). The van der Waals surface area contributed by atoms with Crippen LogP contribution in [0.3, 0.4) is 0 Å². The number of benzene rings is 3. The van der Waals surface area contributed by atoms with Gasteiger partial charge < -0.3 is 10.6 Å². The zero-order chi connectivity index (χ0) is 15.6. The fraction of sp³-hybridized carbons (Fsp3) is 0.0476. The molecule has 0 fully saturated rings. The summed E-state index contributed by atoms with van der Waals surface area (Å²) in [5.74, 6) is 0. The van der Waals surface area contributed by atoms with Crippen LogP contribution in [0.15, 0.2) is 79.0 Å². The highest BCUT2D eigenvalue weighted by molar-refractivity contribution is 5.98. The molecule has 0 saturated heterocycles. The van der Waals surface area contributed by atoms with Gasteiger partial charge in [0.25, 0.3) is 0 Å². The molecule has 0 unspecified atom stereocenters. The van der Waals surface area contributed by atoms with Crippen LogP contribution in [0, 0.1) is 6.92 Å². The zero-order valence-electron chi connectivity index (χ0n) is 13.0. The maximum Gasteiger partial charge on any atom is 0.0627 e. The van der Waals surface area contributed by atoms with Crippen LogP contribution in [0.25, 0.3) is 16.8 Å². The van der Waals surface area contributed by atoms with E-state index in [1.807, 2.05) is 24.4 Å². The lowest BCUT2D eigenvalue weighted by atomic mass is 9.91. The highest BCUT2D eigenvalue weighted by Crippen LogP contribution is 2.41. The average Bonchev–Trinajstić information content (AvgIpc) is 2.61. The Hall–Kier alpha value is -3.00. The first-order valence-electron chi connectivity index (χ1n) is 7.81. The number of rotatable bonds is 2. The number of hydrogen-bond donors (Lipinski definition) is 2. The normalized spacial score (nSPS) is 13.9. The first-order valence-corrected chi connectivity index (χ1v) is 7.81. The van der Waals surface area contributed by atoms with Gasteiger partial charge in [-0.1, -0.05) is 60.7 Å². The highest BCUT2D eigenvalue weighted by Gasteiger charge is 2.19. The highest BCUT2D eigenvalue weighted by atomic mass is 15.0. The molecule has 1 aliphatic rings. The summed E-state index contributed by atoms with van der Waals surface area (Å²) < 4.78 is 0. The second-order valence-corrected chi connectivity index (χ2v) is 5.74. The Morgan fingerprint density at radius 3 is 2.26 bits per heavy atom. The molecule has 0 radical (unpaired) electrons. The molecule has 1 heterocycles. The summed E-state index contributed by atoms with van der Waals surface area (Å²) in [6.45, 7) is 2.14. The van der Waals surface area contributed by atoms with Crippen molar-refractivity contribution in [2.45, 2.75) is 6.92 Å². The molecule has 2 N–H and O–H groups in total. The molecule has 3 aromatic rings. The predicted octanol–water partition coefficient (Wildman–Crippen LogP) is 5.50. The Morgan fingerprint density at radius 1 is 0.739 bits per heavy atom. The molecule has 112 valence electrons. The third-order valence-corrected chi connectivity index (χ3v) is 4.20. The van der Waals surface area contributed by atoms with Gasteiger partial charge in [0.2, 0.25) is 0 Å². The van der Waals surface area contributed by atoms with Crippen molar-refractivity contribution in [3.05, 3.63) is 90.1 Å². The summed E-state index contributed by atoms with van der Waals surface area (Å²) in [5, 5.41) is 6.97. The average molecular weight is 298 g/mol. The number of aryl methyl sites for hydroxylation is 1. The predicted molar refractivity (Wildman–Crippen MR) is 98.3 cm³/mol. The minimum Gasteiger partial charge on any atom is -0.360 e. The van der Waals surface area contributed by atoms with E-state index in [4.69, 9.17) is 0 Å². The van der Waals surface area contributed by atoms with E-state index in [1.165, 1.54) is 27.9 Å². The van der Waals surface area contributed by atoms with Crippen LogP contribution in [0.1, 0.15) is 11.1 Å². The standard InChI is InChI=1S/C21H18N2/c1-15-8-7-13-19-17-11-5-6-12-18(17)20(23-21(15)19)14-22-16-9-3-2-4-10-16/h2-14,22-23H,1H3/b20-14-. The van der Waals surface area contributed by atoms with Gasteiger partial charge in [0.1, 0.15) is 0 Å². The molecule has 1 aliphatic heterocycles. The Labute approximate surface area is 136 Å². The van der Waals surface area contributed by atoms with E-state index in [1.54, 1.807) is 0 Å². The first kappa shape index (κ1) is 13.6. The van der Waals surface area contributed by atoms with Crippen molar-refractivity contribution in [1.82, 2.24) is 0 Å². The van der Waals surface area contributed by atoms with E-state index in [2.05, 4.69) is 72.2 Å². The van der Waals surface area contributed by atoms with Gasteiger partial charge in [0.05, 0.1) is 5.70 Å². The number of para-hydroxylation sites is 2. The van der Waals surface area contributed by atoms with Crippen LogP contribution in [0.4, 0.5) is 11.4 Å². The molecule has 3 aromatic carbocycles. The summed E-state index contributed by atoms with van der Waals surface area (Å²) in [6.07, 6.45) is 2.05. The maximum absolute atomic E-state index is 3.59. The smallest absolute Gasteiger partial charge is 0.0627 e. The Kier molecular flexibility index (Phi) is 3.35. The minimum absolute atomic E-state index is 1.08. The van der Waals surface area contributed by atoms with Crippen LogP contribution in [-0.4, -0.2) is 0 Å². The lowest BCUT2D eigenvalue weighted by molar-refractivity contribution is 1.39. The van der Waals surface area contributed by atoms with Gasteiger partial charge in [-0.3, -0.25) is 0 Å². The number of nitrogens with one attached hydrogen (secondary N) is 2. The summed E-state index contributed by atoms with van der Waals surface area (Å²) >= 11 is 0. The van der Waals surface area contributed by atoms with E-state index < -0.39 is 0 Å². The van der Waals surface area contributed by atoms with Crippen LogP contribution in [0.5, 0.6) is 0 Å². The van der Waals surface area contributed by atoms with E-state index in [9.17, 15) is 0 Å². The molecular weight excluding hydrogens is 280 g/mol. The molecule has 0 aromatic heterocycles. The van der Waals surface area contributed by atoms with E-state index in [0.29, 0.717) is 0 Å². The van der Waals surface area contributed by atoms with Crippen molar-refractivity contribution in [3.63, 3.8) is 0 Å². The van der Waals surface area contributed by atoms with Crippen molar-refractivity contribution in [2.75, 3.05) is 10.6 Å². The van der Waals surface area contributed by atoms with E-state index in [-0.39, 0.29) is 0 Å². The quantitative estimate of drug-likeness (QED) is 0.653. The van der Waals surface area contributed by atoms with Gasteiger partial charge in [-0.05, 0) is 30.2 Å². The molecular formula is C21H18N2. The molecule has 0 saturated carbocycles. The molecule has 2 nitrogen and oxygen atoms in total.